The molecule has 0 radical (unpaired) electrons. The van der Waals surface area contributed by atoms with Crippen LogP contribution in [0.15, 0.2) is 42.6 Å². The lowest BCUT2D eigenvalue weighted by atomic mass is 10.1. The number of benzene rings is 1. The lowest BCUT2D eigenvalue weighted by molar-refractivity contribution is -0.123. The van der Waals surface area contributed by atoms with E-state index < -0.39 is 6.10 Å². The average Bonchev–Trinajstić information content (AvgIpc) is 2.53. The van der Waals surface area contributed by atoms with E-state index in [0.717, 1.165) is 5.56 Å². The highest BCUT2D eigenvalue weighted by molar-refractivity contribution is 6.30. The van der Waals surface area contributed by atoms with E-state index in [0.29, 0.717) is 23.0 Å². The van der Waals surface area contributed by atoms with Crippen molar-refractivity contribution in [2.24, 2.45) is 0 Å². The molecule has 0 saturated heterocycles. The van der Waals surface area contributed by atoms with Gasteiger partial charge in [-0.15, -0.1) is 0 Å². The summed E-state index contributed by atoms with van der Waals surface area (Å²) in [4.78, 5) is 16.0. The highest BCUT2D eigenvalue weighted by atomic mass is 35.5. The number of aromatic nitrogens is 1. The van der Waals surface area contributed by atoms with E-state index in [-0.39, 0.29) is 12.3 Å². The van der Waals surface area contributed by atoms with Crippen molar-refractivity contribution in [2.75, 3.05) is 7.11 Å². The Morgan fingerprint density at radius 2 is 2.09 bits per heavy atom. The monoisotopic (exact) mass is 320 g/mol. The zero-order valence-electron chi connectivity index (χ0n) is 12.1. The number of carbonyl (C=O) groups excluding carboxylic acids is 1. The van der Waals surface area contributed by atoms with E-state index in [1.54, 1.807) is 36.5 Å². The first-order valence-corrected chi connectivity index (χ1v) is 7.16. The predicted octanol–water partition coefficient (Wildman–Crippen LogP) is 2.48. The topological polar surface area (TPSA) is 71.5 Å². The summed E-state index contributed by atoms with van der Waals surface area (Å²) in [5, 5.41) is 13.4. The zero-order chi connectivity index (χ0) is 15.9. The first kappa shape index (κ1) is 16.3. The number of pyridine rings is 1. The van der Waals surface area contributed by atoms with Gasteiger partial charge in [-0.2, -0.15) is 0 Å². The number of nitrogens with one attached hydrogen (secondary N) is 1. The van der Waals surface area contributed by atoms with E-state index in [1.165, 1.54) is 7.11 Å². The molecule has 2 rings (SSSR count). The van der Waals surface area contributed by atoms with E-state index in [1.807, 2.05) is 6.07 Å². The second kappa shape index (κ2) is 7.77. The SMILES string of the molecule is COc1ncccc1CNC(=O)CC(O)c1ccc(Cl)cc1. The van der Waals surface area contributed by atoms with E-state index in [9.17, 15) is 9.90 Å². The minimum absolute atomic E-state index is 0.0236. The first-order chi connectivity index (χ1) is 10.6. The van der Waals surface area contributed by atoms with Crippen LogP contribution in [0.5, 0.6) is 5.88 Å². The number of methoxy groups -OCH3 is 1. The number of halogens is 1. The highest BCUT2D eigenvalue weighted by Gasteiger charge is 2.13. The van der Waals surface area contributed by atoms with Crippen LogP contribution in [0.3, 0.4) is 0 Å². The van der Waals surface area contributed by atoms with Gasteiger partial charge in [-0.05, 0) is 23.8 Å². The number of aliphatic hydroxyl groups is 1. The molecule has 5 nitrogen and oxygen atoms in total. The van der Waals surface area contributed by atoms with Gasteiger partial charge in [0.2, 0.25) is 11.8 Å². The fourth-order valence-electron chi connectivity index (χ4n) is 1.99. The Morgan fingerprint density at radius 1 is 1.36 bits per heavy atom. The summed E-state index contributed by atoms with van der Waals surface area (Å²) >= 11 is 5.79. The molecule has 0 aliphatic heterocycles. The maximum Gasteiger partial charge on any atom is 0.223 e. The number of amides is 1. The van der Waals surface area contributed by atoms with Gasteiger partial charge in [0.25, 0.3) is 0 Å². The Labute approximate surface area is 133 Å². The van der Waals surface area contributed by atoms with Gasteiger partial charge in [-0.1, -0.05) is 29.8 Å². The summed E-state index contributed by atoms with van der Waals surface area (Å²) in [6, 6.07) is 10.3. The summed E-state index contributed by atoms with van der Waals surface area (Å²) in [6.07, 6.45) is 0.728. The van der Waals surface area contributed by atoms with Crippen molar-refractivity contribution in [3.05, 3.63) is 58.7 Å². The molecule has 1 unspecified atom stereocenters. The number of aliphatic hydroxyl groups excluding tert-OH is 1. The van der Waals surface area contributed by atoms with Gasteiger partial charge in [0.1, 0.15) is 0 Å². The fraction of sp³-hybridized carbons (Fsp3) is 0.250. The molecule has 22 heavy (non-hydrogen) atoms. The van der Waals surface area contributed by atoms with Crippen LogP contribution in [0.25, 0.3) is 0 Å². The molecule has 1 aromatic heterocycles. The first-order valence-electron chi connectivity index (χ1n) is 6.78. The molecule has 1 atom stereocenters. The zero-order valence-corrected chi connectivity index (χ0v) is 12.9. The van der Waals surface area contributed by atoms with Crippen molar-refractivity contribution in [3.63, 3.8) is 0 Å². The summed E-state index contributed by atoms with van der Waals surface area (Å²) in [7, 11) is 1.53. The minimum Gasteiger partial charge on any atom is -0.481 e. The highest BCUT2D eigenvalue weighted by Crippen LogP contribution is 2.19. The van der Waals surface area contributed by atoms with Crippen molar-refractivity contribution in [3.8, 4) is 5.88 Å². The third-order valence-corrected chi connectivity index (χ3v) is 3.40. The molecule has 6 heteroatoms. The lowest BCUT2D eigenvalue weighted by Crippen LogP contribution is -2.24. The van der Waals surface area contributed by atoms with Crippen LogP contribution in [0.1, 0.15) is 23.7 Å². The Hall–Kier alpha value is -2.11. The number of ether oxygens (including phenoxy) is 1. The molecule has 116 valence electrons. The van der Waals surface area contributed by atoms with Gasteiger partial charge in [-0.3, -0.25) is 4.79 Å². The maximum atomic E-state index is 11.9. The smallest absolute Gasteiger partial charge is 0.223 e. The predicted molar refractivity (Wildman–Crippen MR) is 83.7 cm³/mol. The minimum atomic E-state index is -0.868. The summed E-state index contributed by atoms with van der Waals surface area (Å²) in [5.41, 5.74) is 1.43. The van der Waals surface area contributed by atoms with Gasteiger partial charge < -0.3 is 15.2 Å². The molecule has 2 aromatic rings. The maximum absolute atomic E-state index is 11.9. The number of hydrogen-bond donors (Lipinski definition) is 2. The second-order valence-electron chi connectivity index (χ2n) is 4.72. The van der Waals surface area contributed by atoms with Crippen molar-refractivity contribution in [2.45, 2.75) is 19.1 Å². The number of nitrogens with zero attached hydrogens (tertiary/aromatic N) is 1. The van der Waals surface area contributed by atoms with Crippen LogP contribution in [0.4, 0.5) is 0 Å². The van der Waals surface area contributed by atoms with E-state index >= 15 is 0 Å². The van der Waals surface area contributed by atoms with Crippen LogP contribution in [0, 0.1) is 0 Å². The van der Waals surface area contributed by atoms with Crippen LogP contribution < -0.4 is 10.1 Å². The Morgan fingerprint density at radius 3 is 2.77 bits per heavy atom. The van der Waals surface area contributed by atoms with Crippen LogP contribution in [0.2, 0.25) is 5.02 Å². The molecule has 1 amide bonds. The molecule has 0 bridgehead atoms. The molecular weight excluding hydrogens is 304 g/mol. The Bertz CT molecular complexity index is 632. The third kappa shape index (κ3) is 4.44. The quantitative estimate of drug-likeness (QED) is 0.857. The van der Waals surface area contributed by atoms with Gasteiger partial charge in [0.15, 0.2) is 0 Å². The van der Waals surface area contributed by atoms with Crippen molar-refractivity contribution in [1.29, 1.82) is 0 Å². The molecule has 1 heterocycles. The molecule has 2 N–H and O–H groups in total. The largest absolute Gasteiger partial charge is 0.481 e. The number of carbonyl (C=O) groups is 1. The van der Waals surface area contributed by atoms with Crippen LogP contribution in [-0.2, 0) is 11.3 Å². The van der Waals surface area contributed by atoms with Crippen LogP contribution in [-0.4, -0.2) is 23.1 Å². The molecule has 1 aromatic carbocycles. The van der Waals surface area contributed by atoms with E-state index in [4.69, 9.17) is 16.3 Å². The molecule has 0 aliphatic rings. The molecule has 0 fully saturated rings. The molecule has 0 aliphatic carbocycles. The van der Waals surface area contributed by atoms with E-state index in [2.05, 4.69) is 10.3 Å². The average molecular weight is 321 g/mol. The van der Waals surface area contributed by atoms with Crippen molar-refractivity contribution >= 4 is 17.5 Å². The molecule has 0 spiro atoms. The summed E-state index contributed by atoms with van der Waals surface area (Å²) in [6.45, 7) is 0.295. The van der Waals surface area contributed by atoms with Crippen LogP contribution >= 0.6 is 11.6 Å². The second-order valence-corrected chi connectivity index (χ2v) is 5.16. The fourth-order valence-corrected chi connectivity index (χ4v) is 2.11. The standard InChI is InChI=1S/C16H17ClN2O3/c1-22-16-12(3-2-8-18-16)10-19-15(21)9-14(20)11-4-6-13(17)7-5-11/h2-8,14,20H,9-10H2,1H3,(H,19,21). The number of rotatable bonds is 6. The van der Waals surface area contributed by atoms with Gasteiger partial charge >= 0.3 is 0 Å². The van der Waals surface area contributed by atoms with Gasteiger partial charge in [0.05, 0.1) is 19.6 Å². The van der Waals surface area contributed by atoms with Crippen molar-refractivity contribution < 1.29 is 14.6 Å². The van der Waals surface area contributed by atoms with Gasteiger partial charge in [-0.25, -0.2) is 4.98 Å². The number of hydrogen-bond acceptors (Lipinski definition) is 4. The van der Waals surface area contributed by atoms with Crippen molar-refractivity contribution in [1.82, 2.24) is 10.3 Å². The Balaban J connectivity index is 1.88. The Kier molecular flexibility index (Phi) is 5.75. The molecule has 0 saturated carbocycles. The molecular formula is C16H17ClN2O3. The third-order valence-electron chi connectivity index (χ3n) is 3.15. The lowest BCUT2D eigenvalue weighted by Gasteiger charge is -2.12. The summed E-state index contributed by atoms with van der Waals surface area (Å²) in [5.74, 6) is 0.217. The van der Waals surface area contributed by atoms with Gasteiger partial charge in [0, 0.05) is 23.3 Å². The summed E-state index contributed by atoms with van der Waals surface area (Å²) < 4.78 is 5.11. The normalized spacial score (nSPS) is 11.8.